The van der Waals surface area contributed by atoms with E-state index in [2.05, 4.69) is 10.6 Å². The number of hydrogen-bond acceptors (Lipinski definition) is 3. The van der Waals surface area contributed by atoms with Crippen molar-refractivity contribution < 1.29 is 14.6 Å². The van der Waals surface area contributed by atoms with Gasteiger partial charge >= 0.3 is 6.03 Å². The van der Waals surface area contributed by atoms with Crippen LogP contribution >= 0.6 is 0 Å². The average molecular weight is 324 g/mol. The van der Waals surface area contributed by atoms with E-state index < -0.39 is 6.10 Å². The minimum Gasteiger partial charge on any atom is -0.392 e. The number of carbonyl (C=O) groups excluding carboxylic acids is 1. The molecule has 1 spiro atoms. The molecule has 3 aliphatic rings. The Labute approximate surface area is 139 Å². The number of ether oxygens (including phenoxy) is 1. The summed E-state index contributed by atoms with van der Waals surface area (Å²) in [5.41, 5.74) is -0.121. The molecule has 0 aromatic heterocycles. The van der Waals surface area contributed by atoms with Crippen molar-refractivity contribution in [2.24, 2.45) is 22.7 Å². The SMILES string of the molecule is CC(C)C(O)C(C)(C)CNC(=O)NC1C2CCOC2C12CCC2. The van der Waals surface area contributed by atoms with E-state index in [0.717, 1.165) is 13.0 Å². The molecule has 3 fully saturated rings. The Kier molecular flexibility index (Phi) is 4.38. The average Bonchev–Trinajstić information content (AvgIpc) is 2.85. The number of aliphatic hydroxyl groups is 1. The van der Waals surface area contributed by atoms with Gasteiger partial charge in [0.25, 0.3) is 0 Å². The quantitative estimate of drug-likeness (QED) is 0.726. The second-order valence-electron chi connectivity index (χ2n) is 8.81. The van der Waals surface area contributed by atoms with Crippen LogP contribution in [0, 0.1) is 22.7 Å². The predicted octanol–water partition coefficient (Wildman–Crippen LogP) is 2.29. The Hall–Kier alpha value is -0.810. The van der Waals surface area contributed by atoms with E-state index in [1.807, 2.05) is 27.7 Å². The largest absolute Gasteiger partial charge is 0.392 e. The van der Waals surface area contributed by atoms with E-state index in [4.69, 9.17) is 4.74 Å². The lowest BCUT2D eigenvalue weighted by atomic mass is 9.46. The van der Waals surface area contributed by atoms with Gasteiger partial charge in [0.05, 0.1) is 12.2 Å². The van der Waals surface area contributed by atoms with Crippen LogP contribution in [0.3, 0.4) is 0 Å². The van der Waals surface area contributed by atoms with E-state index in [1.165, 1.54) is 19.3 Å². The van der Waals surface area contributed by atoms with Crippen molar-refractivity contribution in [2.45, 2.75) is 71.6 Å². The van der Waals surface area contributed by atoms with Crippen molar-refractivity contribution in [1.29, 1.82) is 0 Å². The van der Waals surface area contributed by atoms with Crippen molar-refractivity contribution in [3.63, 3.8) is 0 Å². The number of urea groups is 1. The zero-order chi connectivity index (χ0) is 16.8. The third-order valence-electron chi connectivity index (χ3n) is 6.46. The lowest BCUT2D eigenvalue weighted by Gasteiger charge is -2.63. The number of nitrogens with one attached hydrogen (secondary N) is 2. The van der Waals surface area contributed by atoms with Gasteiger partial charge in [-0.1, -0.05) is 34.1 Å². The highest BCUT2D eigenvalue weighted by atomic mass is 16.5. The smallest absolute Gasteiger partial charge is 0.315 e. The maximum absolute atomic E-state index is 12.4. The zero-order valence-corrected chi connectivity index (χ0v) is 14.9. The summed E-state index contributed by atoms with van der Waals surface area (Å²) in [4.78, 5) is 12.4. The van der Waals surface area contributed by atoms with Crippen molar-refractivity contribution >= 4 is 6.03 Å². The molecule has 0 aromatic rings. The van der Waals surface area contributed by atoms with Gasteiger partial charge in [0.2, 0.25) is 0 Å². The Morgan fingerprint density at radius 3 is 2.65 bits per heavy atom. The highest BCUT2D eigenvalue weighted by molar-refractivity contribution is 5.74. The summed E-state index contributed by atoms with van der Waals surface area (Å²) in [6.07, 6.45) is 4.61. The maximum atomic E-state index is 12.4. The number of hydrogen-bond donors (Lipinski definition) is 3. The Bertz CT molecular complexity index is 459. The number of rotatable bonds is 5. The Balaban J connectivity index is 1.52. The summed E-state index contributed by atoms with van der Waals surface area (Å²) >= 11 is 0. The van der Waals surface area contributed by atoms with E-state index in [1.54, 1.807) is 0 Å². The van der Waals surface area contributed by atoms with Crippen LogP contribution in [-0.2, 0) is 4.74 Å². The summed E-state index contributed by atoms with van der Waals surface area (Å²) in [5.74, 6) is 0.673. The van der Waals surface area contributed by atoms with Gasteiger partial charge in [-0.25, -0.2) is 4.79 Å². The van der Waals surface area contributed by atoms with Gasteiger partial charge in [-0.15, -0.1) is 0 Å². The molecule has 0 radical (unpaired) electrons. The topological polar surface area (TPSA) is 70.6 Å². The summed E-state index contributed by atoms with van der Waals surface area (Å²) in [5, 5.41) is 16.5. The lowest BCUT2D eigenvalue weighted by molar-refractivity contribution is -0.172. The molecule has 2 amide bonds. The summed E-state index contributed by atoms with van der Waals surface area (Å²) in [6.45, 7) is 9.31. The van der Waals surface area contributed by atoms with Gasteiger partial charge in [0.15, 0.2) is 0 Å². The van der Waals surface area contributed by atoms with Crippen molar-refractivity contribution in [1.82, 2.24) is 10.6 Å². The number of carbonyl (C=O) groups is 1. The first-order valence-electron chi connectivity index (χ1n) is 9.12. The second-order valence-corrected chi connectivity index (χ2v) is 8.81. The molecule has 3 rings (SSSR count). The molecule has 5 heteroatoms. The fraction of sp³-hybridized carbons (Fsp3) is 0.944. The van der Waals surface area contributed by atoms with Gasteiger partial charge in [-0.2, -0.15) is 0 Å². The molecular weight excluding hydrogens is 292 g/mol. The van der Waals surface area contributed by atoms with Crippen LogP contribution in [0.4, 0.5) is 4.79 Å². The summed E-state index contributed by atoms with van der Waals surface area (Å²) in [7, 11) is 0. The maximum Gasteiger partial charge on any atom is 0.315 e. The van der Waals surface area contributed by atoms with Crippen LogP contribution in [0.5, 0.6) is 0 Å². The third-order valence-corrected chi connectivity index (χ3v) is 6.46. The third kappa shape index (κ3) is 2.76. The van der Waals surface area contributed by atoms with E-state index >= 15 is 0 Å². The fourth-order valence-corrected chi connectivity index (χ4v) is 4.96. The molecule has 132 valence electrons. The minimum absolute atomic E-state index is 0.101. The van der Waals surface area contributed by atoms with Gasteiger partial charge in [-0.3, -0.25) is 0 Å². The van der Waals surface area contributed by atoms with Crippen molar-refractivity contribution in [3.05, 3.63) is 0 Å². The van der Waals surface area contributed by atoms with E-state index in [-0.39, 0.29) is 28.8 Å². The first kappa shape index (κ1) is 17.0. The molecule has 2 aliphatic carbocycles. The van der Waals surface area contributed by atoms with Crippen LogP contribution < -0.4 is 10.6 Å². The monoisotopic (exact) mass is 324 g/mol. The molecule has 1 aliphatic heterocycles. The molecule has 23 heavy (non-hydrogen) atoms. The molecular formula is C18H32N2O3. The van der Waals surface area contributed by atoms with E-state index in [0.29, 0.717) is 18.6 Å². The first-order valence-corrected chi connectivity index (χ1v) is 9.12. The lowest BCUT2D eigenvalue weighted by Crippen LogP contribution is -2.72. The Morgan fingerprint density at radius 1 is 1.39 bits per heavy atom. The van der Waals surface area contributed by atoms with Gasteiger partial charge < -0.3 is 20.5 Å². The number of aliphatic hydroxyl groups excluding tert-OH is 1. The molecule has 5 nitrogen and oxygen atoms in total. The van der Waals surface area contributed by atoms with Crippen molar-refractivity contribution in [2.75, 3.05) is 13.2 Å². The molecule has 1 heterocycles. The van der Waals surface area contributed by atoms with Gasteiger partial charge in [0.1, 0.15) is 0 Å². The van der Waals surface area contributed by atoms with Crippen LogP contribution in [0.15, 0.2) is 0 Å². The molecule has 4 atom stereocenters. The molecule has 2 saturated carbocycles. The fourth-order valence-electron chi connectivity index (χ4n) is 4.96. The van der Waals surface area contributed by atoms with Crippen LogP contribution in [0.2, 0.25) is 0 Å². The van der Waals surface area contributed by atoms with Gasteiger partial charge in [-0.05, 0) is 25.2 Å². The second kappa shape index (κ2) is 5.92. The van der Waals surface area contributed by atoms with Crippen LogP contribution in [0.1, 0.15) is 53.4 Å². The van der Waals surface area contributed by atoms with Gasteiger partial charge in [0, 0.05) is 35.9 Å². The summed E-state index contributed by atoms with van der Waals surface area (Å²) < 4.78 is 5.89. The zero-order valence-electron chi connectivity index (χ0n) is 14.9. The summed E-state index contributed by atoms with van der Waals surface area (Å²) in [6, 6.07) is 0.164. The number of amides is 2. The van der Waals surface area contributed by atoms with Crippen LogP contribution in [0.25, 0.3) is 0 Å². The molecule has 3 N–H and O–H groups in total. The van der Waals surface area contributed by atoms with Crippen molar-refractivity contribution in [3.8, 4) is 0 Å². The highest BCUT2D eigenvalue weighted by Gasteiger charge is 2.67. The molecule has 0 bridgehead atoms. The van der Waals surface area contributed by atoms with Crippen LogP contribution in [-0.4, -0.2) is 42.5 Å². The van der Waals surface area contributed by atoms with E-state index in [9.17, 15) is 9.90 Å². The molecule has 4 unspecified atom stereocenters. The molecule has 1 saturated heterocycles. The normalized spacial score (nSPS) is 32.9. The highest BCUT2D eigenvalue weighted by Crippen LogP contribution is 2.62. The number of fused-ring (bicyclic) bond motifs is 2. The minimum atomic E-state index is -0.433. The Morgan fingerprint density at radius 2 is 2.09 bits per heavy atom. The predicted molar refractivity (Wildman–Crippen MR) is 89.1 cm³/mol. The molecule has 0 aromatic carbocycles. The standard InChI is InChI=1S/C18H32N2O3/c1-11(2)14(21)17(3,4)10-19-16(22)20-13-12-6-9-23-15(12)18(13)7-5-8-18/h11-15,21H,5-10H2,1-4H3,(H2,19,20,22). The first-order chi connectivity index (χ1) is 10.8.